The van der Waals surface area contributed by atoms with Crippen molar-refractivity contribution in [3.63, 3.8) is 0 Å². The summed E-state index contributed by atoms with van der Waals surface area (Å²) in [6, 6.07) is 6.44. The number of benzene rings is 1. The average Bonchev–Trinajstić information content (AvgIpc) is 2.21. The van der Waals surface area contributed by atoms with E-state index in [0.29, 0.717) is 0 Å². The molecule has 2 heteroatoms. The van der Waals surface area contributed by atoms with Crippen molar-refractivity contribution in [2.24, 2.45) is 0 Å². The van der Waals surface area contributed by atoms with E-state index in [0.717, 1.165) is 18.5 Å². The zero-order valence-electron chi connectivity index (χ0n) is 10.6. The van der Waals surface area contributed by atoms with Crippen LogP contribution < -0.4 is 5.32 Å². The normalized spacial score (nSPS) is 12.2. The molecule has 0 aliphatic carbocycles. The van der Waals surface area contributed by atoms with Crippen LogP contribution in [0.5, 0.6) is 0 Å². The number of aryl methyl sites for hydroxylation is 3. The van der Waals surface area contributed by atoms with Crippen LogP contribution in [0.4, 0.5) is 0 Å². The van der Waals surface area contributed by atoms with E-state index < -0.39 is 0 Å². The van der Waals surface area contributed by atoms with Gasteiger partial charge >= 0.3 is 0 Å². The van der Waals surface area contributed by atoms with Crippen LogP contribution in [0.2, 0.25) is 0 Å². The molecule has 0 saturated heterocycles. The zero-order valence-corrected chi connectivity index (χ0v) is 10.6. The van der Waals surface area contributed by atoms with Crippen LogP contribution in [0.1, 0.15) is 41.6 Å². The van der Waals surface area contributed by atoms with Crippen molar-refractivity contribution in [1.29, 1.82) is 5.26 Å². The molecule has 0 spiro atoms. The molecule has 0 bridgehead atoms. The van der Waals surface area contributed by atoms with Crippen molar-refractivity contribution in [3.8, 4) is 6.07 Å². The van der Waals surface area contributed by atoms with Gasteiger partial charge in [0.05, 0.1) is 6.07 Å². The fourth-order valence-corrected chi connectivity index (χ4v) is 2.15. The predicted molar refractivity (Wildman–Crippen MR) is 67.3 cm³/mol. The molecular formula is C14H20N2. The summed E-state index contributed by atoms with van der Waals surface area (Å²) in [4.78, 5) is 0. The Labute approximate surface area is 98.3 Å². The van der Waals surface area contributed by atoms with Gasteiger partial charge in [-0.2, -0.15) is 5.26 Å². The first-order valence-electron chi connectivity index (χ1n) is 5.80. The average molecular weight is 216 g/mol. The van der Waals surface area contributed by atoms with E-state index in [1.54, 1.807) is 0 Å². The lowest BCUT2D eigenvalue weighted by Gasteiger charge is -2.17. The topological polar surface area (TPSA) is 35.8 Å². The summed E-state index contributed by atoms with van der Waals surface area (Å²) >= 11 is 0. The number of nitrogens with one attached hydrogen (secondary N) is 1. The van der Waals surface area contributed by atoms with Gasteiger partial charge in [-0.1, -0.05) is 24.6 Å². The lowest BCUT2D eigenvalue weighted by atomic mass is 9.94. The SMILES string of the molecule is CCCNC(C#N)c1c(C)cc(C)cc1C. The van der Waals surface area contributed by atoms with Gasteiger partial charge in [0, 0.05) is 0 Å². The van der Waals surface area contributed by atoms with Crippen molar-refractivity contribution < 1.29 is 0 Å². The fraction of sp³-hybridized carbons (Fsp3) is 0.500. The van der Waals surface area contributed by atoms with Gasteiger partial charge in [-0.05, 0) is 50.4 Å². The van der Waals surface area contributed by atoms with Crippen LogP contribution >= 0.6 is 0 Å². The number of hydrogen-bond acceptors (Lipinski definition) is 2. The molecule has 0 aliphatic heterocycles. The third-order valence-electron chi connectivity index (χ3n) is 2.75. The van der Waals surface area contributed by atoms with Gasteiger partial charge < -0.3 is 0 Å². The smallest absolute Gasteiger partial charge is 0.121 e. The van der Waals surface area contributed by atoms with Gasteiger partial charge in [-0.25, -0.2) is 0 Å². The minimum absolute atomic E-state index is 0.180. The maximum Gasteiger partial charge on any atom is 0.121 e. The summed E-state index contributed by atoms with van der Waals surface area (Å²) in [5, 5.41) is 12.5. The first kappa shape index (κ1) is 12.7. The van der Waals surface area contributed by atoms with Crippen molar-refractivity contribution in [1.82, 2.24) is 5.32 Å². The van der Waals surface area contributed by atoms with Gasteiger partial charge in [-0.15, -0.1) is 0 Å². The Morgan fingerprint density at radius 1 is 1.25 bits per heavy atom. The molecule has 1 rings (SSSR count). The Kier molecular flexibility index (Phi) is 4.52. The summed E-state index contributed by atoms with van der Waals surface area (Å²) in [6.45, 7) is 9.23. The fourth-order valence-electron chi connectivity index (χ4n) is 2.15. The summed E-state index contributed by atoms with van der Waals surface area (Å²) in [6.07, 6.45) is 1.04. The van der Waals surface area contributed by atoms with Crippen LogP contribution in [-0.4, -0.2) is 6.54 Å². The minimum Gasteiger partial charge on any atom is -0.298 e. The summed E-state index contributed by atoms with van der Waals surface area (Å²) < 4.78 is 0. The molecule has 0 saturated carbocycles. The van der Waals surface area contributed by atoms with Gasteiger partial charge in [0.15, 0.2) is 0 Å². The number of nitrogens with zero attached hydrogens (tertiary/aromatic N) is 1. The predicted octanol–water partition coefficient (Wildman–Crippen LogP) is 3.18. The van der Waals surface area contributed by atoms with E-state index in [-0.39, 0.29) is 6.04 Å². The molecule has 1 unspecified atom stereocenters. The lowest BCUT2D eigenvalue weighted by molar-refractivity contribution is 0.616. The summed E-state index contributed by atoms with van der Waals surface area (Å²) in [5.41, 5.74) is 4.80. The Morgan fingerprint density at radius 3 is 2.25 bits per heavy atom. The third-order valence-corrected chi connectivity index (χ3v) is 2.75. The highest BCUT2D eigenvalue weighted by molar-refractivity contribution is 5.41. The molecule has 0 fully saturated rings. The molecule has 1 atom stereocenters. The molecule has 1 aromatic carbocycles. The van der Waals surface area contributed by atoms with Crippen molar-refractivity contribution in [2.45, 2.75) is 40.2 Å². The quantitative estimate of drug-likeness (QED) is 0.839. The first-order valence-corrected chi connectivity index (χ1v) is 5.80. The maximum atomic E-state index is 9.21. The molecule has 1 N–H and O–H groups in total. The van der Waals surface area contributed by atoms with Crippen molar-refractivity contribution >= 4 is 0 Å². The monoisotopic (exact) mass is 216 g/mol. The Balaban J connectivity index is 3.06. The van der Waals surface area contributed by atoms with Crippen LogP contribution in [0.3, 0.4) is 0 Å². The molecule has 16 heavy (non-hydrogen) atoms. The largest absolute Gasteiger partial charge is 0.298 e. The number of hydrogen-bond donors (Lipinski definition) is 1. The maximum absolute atomic E-state index is 9.21. The molecular weight excluding hydrogens is 196 g/mol. The number of nitriles is 1. The summed E-state index contributed by atoms with van der Waals surface area (Å²) in [5.74, 6) is 0. The van der Waals surface area contributed by atoms with Gasteiger partial charge in [0.1, 0.15) is 6.04 Å². The second kappa shape index (κ2) is 5.67. The standard InChI is InChI=1S/C14H20N2/c1-5-6-16-13(9-15)14-11(3)7-10(2)8-12(14)4/h7-8,13,16H,5-6H2,1-4H3. The Hall–Kier alpha value is -1.33. The molecule has 1 aromatic rings. The van der Waals surface area contributed by atoms with Crippen LogP contribution in [-0.2, 0) is 0 Å². The van der Waals surface area contributed by atoms with E-state index in [4.69, 9.17) is 0 Å². The van der Waals surface area contributed by atoms with Crippen LogP contribution in [0.15, 0.2) is 12.1 Å². The first-order chi connectivity index (χ1) is 7.60. The Bertz CT molecular complexity index is 379. The molecule has 2 nitrogen and oxygen atoms in total. The third kappa shape index (κ3) is 2.84. The Morgan fingerprint density at radius 2 is 1.81 bits per heavy atom. The highest BCUT2D eigenvalue weighted by Crippen LogP contribution is 2.23. The highest BCUT2D eigenvalue weighted by atomic mass is 14.9. The molecule has 86 valence electrons. The molecule has 0 heterocycles. The summed E-state index contributed by atoms with van der Waals surface area (Å²) in [7, 11) is 0. The van der Waals surface area contributed by atoms with Gasteiger partial charge in [0.2, 0.25) is 0 Å². The van der Waals surface area contributed by atoms with E-state index >= 15 is 0 Å². The van der Waals surface area contributed by atoms with Gasteiger partial charge in [-0.3, -0.25) is 5.32 Å². The molecule has 0 aliphatic rings. The lowest BCUT2D eigenvalue weighted by Crippen LogP contribution is -2.22. The number of rotatable bonds is 4. The molecule has 0 radical (unpaired) electrons. The molecule has 0 amide bonds. The second-order valence-corrected chi connectivity index (χ2v) is 4.33. The van der Waals surface area contributed by atoms with Crippen molar-refractivity contribution in [3.05, 3.63) is 34.4 Å². The van der Waals surface area contributed by atoms with Crippen LogP contribution in [0, 0.1) is 32.1 Å². The van der Waals surface area contributed by atoms with Crippen molar-refractivity contribution in [2.75, 3.05) is 6.54 Å². The minimum atomic E-state index is -0.180. The van der Waals surface area contributed by atoms with E-state index in [1.165, 1.54) is 16.7 Å². The van der Waals surface area contributed by atoms with Crippen LogP contribution in [0.25, 0.3) is 0 Å². The molecule has 0 aromatic heterocycles. The highest BCUT2D eigenvalue weighted by Gasteiger charge is 2.14. The van der Waals surface area contributed by atoms with Gasteiger partial charge in [0.25, 0.3) is 0 Å². The van der Waals surface area contributed by atoms with E-state index in [2.05, 4.69) is 51.2 Å². The van der Waals surface area contributed by atoms with E-state index in [9.17, 15) is 5.26 Å². The zero-order chi connectivity index (χ0) is 12.1. The second-order valence-electron chi connectivity index (χ2n) is 4.33. The van der Waals surface area contributed by atoms with E-state index in [1.807, 2.05) is 0 Å².